The highest BCUT2D eigenvalue weighted by atomic mass is 35.5. The van der Waals surface area contributed by atoms with Gasteiger partial charge in [-0.3, -0.25) is 10.1 Å². The highest BCUT2D eigenvalue weighted by Crippen LogP contribution is 2.31. The van der Waals surface area contributed by atoms with Crippen LogP contribution in [0.1, 0.15) is 5.56 Å². The highest BCUT2D eigenvalue weighted by Gasteiger charge is 2.35. The fourth-order valence-electron chi connectivity index (χ4n) is 3.08. The Hall–Kier alpha value is -1.35. The number of pyridine rings is 1. The van der Waals surface area contributed by atoms with E-state index < -0.39 is 4.92 Å². The van der Waals surface area contributed by atoms with E-state index in [-0.39, 0.29) is 15.9 Å². The largest absolute Gasteiger partial charge is 0.364 e. The molecule has 2 aliphatic rings. The van der Waals surface area contributed by atoms with Crippen LogP contribution in [0.2, 0.25) is 5.15 Å². The summed E-state index contributed by atoms with van der Waals surface area (Å²) in [5.41, 5.74) is 1.08. The van der Waals surface area contributed by atoms with E-state index in [9.17, 15) is 10.1 Å². The molecule has 3 rings (SSSR count). The van der Waals surface area contributed by atoms with E-state index in [2.05, 4.69) is 10.3 Å². The van der Waals surface area contributed by atoms with Gasteiger partial charge in [-0.25, -0.2) is 4.98 Å². The van der Waals surface area contributed by atoms with Crippen molar-refractivity contribution < 1.29 is 4.92 Å². The van der Waals surface area contributed by atoms with Crippen LogP contribution < -0.4 is 5.32 Å². The standard InChI is InChI=1S/C16H18Cl3N5O2S/c17-12-2-1-11(9-21-12)10-23-4-3-20-16(23)14(24(25)26)13(15(18)19)22-5-7-27-8-6-22/h1-2,9,20H,3-8,10H2/b16-14+. The molecule has 0 bridgehead atoms. The molecule has 0 saturated carbocycles. The Labute approximate surface area is 176 Å². The molecule has 3 heterocycles. The maximum Gasteiger partial charge on any atom is 0.334 e. The second kappa shape index (κ2) is 9.23. The molecule has 1 N–H and O–H groups in total. The van der Waals surface area contributed by atoms with Gasteiger partial charge in [0, 0.05) is 50.4 Å². The number of hydrogen-bond donors (Lipinski definition) is 1. The summed E-state index contributed by atoms with van der Waals surface area (Å²) in [6.07, 6.45) is 1.66. The van der Waals surface area contributed by atoms with Crippen LogP contribution >= 0.6 is 46.6 Å². The van der Waals surface area contributed by atoms with Gasteiger partial charge in [0.1, 0.15) is 9.64 Å². The van der Waals surface area contributed by atoms with Gasteiger partial charge < -0.3 is 15.1 Å². The molecule has 0 spiro atoms. The van der Waals surface area contributed by atoms with Gasteiger partial charge in [0.25, 0.3) is 0 Å². The molecule has 2 saturated heterocycles. The lowest BCUT2D eigenvalue weighted by Crippen LogP contribution is -2.36. The molecule has 146 valence electrons. The summed E-state index contributed by atoms with van der Waals surface area (Å²) in [5.74, 6) is 2.17. The average Bonchev–Trinajstić information content (AvgIpc) is 3.09. The highest BCUT2D eigenvalue weighted by molar-refractivity contribution is 7.99. The van der Waals surface area contributed by atoms with Crippen molar-refractivity contribution in [2.75, 3.05) is 37.7 Å². The minimum atomic E-state index is -0.414. The van der Waals surface area contributed by atoms with E-state index in [0.717, 1.165) is 17.1 Å². The number of halogens is 3. The predicted molar refractivity (Wildman–Crippen MR) is 109 cm³/mol. The Morgan fingerprint density at radius 1 is 1.30 bits per heavy atom. The number of hydrogen-bond acceptors (Lipinski definition) is 7. The SMILES string of the molecule is O=[N+]([O-])/C(C(=C(Cl)Cl)N1CCSCC1)=C1\NCCN1Cc1ccc(Cl)nc1. The first kappa shape index (κ1) is 20.4. The number of nitrogens with one attached hydrogen (secondary N) is 1. The van der Waals surface area contributed by atoms with Crippen LogP contribution in [0.15, 0.2) is 40.0 Å². The van der Waals surface area contributed by atoms with Crippen molar-refractivity contribution in [2.45, 2.75) is 6.54 Å². The molecule has 7 nitrogen and oxygen atoms in total. The number of rotatable bonds is 5. The van der Waals surface area contributed by atoms with Crippen molar-refractivity contribution in [3.05, 3.63) is 60.9 Å². The normalized spacial score (nSPS) is 18.9. The quantitative estimate of drug-likeness (QED) is 0.419. The van der Waals surface area contributed by atoms with Crippen LogP contribution in [0, 0.1) is 10.1 Å². The van der Waals surface area contributed by atoms with Gasteiger partial charge in [0.2, 0.25) is 0 Å². The van der Waals surface area contributed by atoms with Gasteiger partial charge in [-0.05, 0) is 11.6 Å². The molecule has 2 aliphatic heterocycles. The summed E-state index contributed by atoms with van der Waals surface area (Å²) >= 11 is 19.8. The zero-order valence-corrected chi connectivity index (χ0v) is 17.4. The minimum Gasteiger partial charge on any atom is -0.364 e. The maximum atomic E-state index is 12.0. The summed E-state index contributed by atoms with van der Waals surface area (Å²) in [6.45, 7) is 3.01. The molecule has 0 amide bonds. The van der Waals surface area contributed by atoms with Crippen LogP contribution in [0.5, 0.6) is 0 Å². The van der Waals surface area contributed by atoms with E-state index in [1.165, 1.54) is 0 Å². The van der Waals surface area contributed by atoms with Crippen molar-refractivity contribution in [3.8, 4) is 0 Å². The van der Waals surface area contributed by atoms with Gasteiger partial charge in [-0.2, -0.15) is 11.8 Å². The third-order valence-electron chi connectivity index (χ3n) is 4.29. The number of thioether (sulfide) groups is 1. The Morgan fingerprint density at radius 3 is 2.63 bits per heavy atom. The molecular formula is C16H18Cl3N5O2S. The summed E-state index contributed by atoms with van der Waals surface area (Å²) in [7, 11) is 0. The number of nitro groups is 1. The molecule has 0 unspecified atom stereocenters. The molecule has 0 atom stereocenters. The first-order chi connectivity index (χ1) is 13.0. The Morgan fingerprint density at radius 2 is 2.04 bits per heavy atom. The van der Waals surface area contributed by atoms with Crippen LogP contribution in [-0.4, -0.2) is 57.4 Å². The van der Waals surface area contributed by atoms with Gasteiger partial charge >= 0.3 is 5.70 Å². The molecule has 27 heavy (non-hydrogen) atoms. The summed E-state index contributed by atoms with van der Waals surface area (Å²) < 4.78 is -0.0945. The van der Waals surface area contributed by atoms with Crippen molar-refractivity contribution in [3.63, 3.8) is 0 Å². The van der Waals surface area contributed by atoms with Crippen LogP contribution in [0.4, 0.5) is 0 Å². The zero-order chi connectivity index (χ0) is 19.4. The second-order valence-electron chi connectivity index (χ2n) is 6.00. The summed E-state index contributed by atoms with van der Waals surface area (Å²) in [5, 5.41) is 15.5. The third kappa shape index (κ3) is 4.93. The topological polar surface area (TPSA) is 74.5 Å². The molecule has 2 fully saturated rings. The van der Waals surface area contributed by atoms with Crippen molar-refractivity contribution >= 4 is 46.6 Å². The second-order valence-corrected chi connectivity index (χ2v) is 8.56. The molecule has 1 aromatic heterocycles. The van der Waals surface area contributed by atoms with Gasteiger partial charge in [-0.1, -0.05) is 40.9 Å². The number of aromatic nitrogens is 1. The Balaban J connectivity index is 1.96. The van der Waals surface area contributed by atoms with Crippen LogP contribution in [-0.2, 0) is 6.54 Å². The molecular weight excluding hydrogens is 433 g/mol. The van der Waals surface area contributed by atoms with Crippen molar-refractivity contribution in [1.82, 2.24) is 20.1 Å². The van der Waals surface area contributed by atoms with Crippen LogP contribution in [0.25, 0.3) is 0 Å². The average molecular weight is 451 g/mol. The lowest BCUT2D eigenvalue weighted by Gasteiger charge is -2.30. The van der Waals surface area contributed by atoms with E-state index in [4.69, 9.17) is 34.8 Å². The molecule has 0 radical (unpaired) electrons. The van der Waals surface area contributed by atoms with Gasteiger partial charge in [0.05, 0.1) is 4.92 Å². The summed E-state index contributed by atoms with van der Waals surface area (Å²) in [4.78, 5) is 19.4. The first-order valence-corrected chi connectivity index (χ1v) is 10.6. The maximum absolute atomic E-state index is 12.0. The van der Waals surface area contributed by atoms with Gasteiger partial charge in [-0.15, -0.1) is 0 Å². The molecule has 11 heteroatoms. The Kier molecular flexibility index (Phi) is 6.97. The minimum absolute atomic E-state index is 0.0945. The monoisotopic (exact) mass is 449 g/mol. The summed E-state index contributed by atoms with van der Waals surface area (Å²) in [6, 6.07) is 3.55. The van der Waals surface area contributed by atoms with Crippen molar-refractivity contribution in [1.29, 1.82) is 0 Å². The molecule has 0 aliphatic carbocycles. The van der Waals surface area contributed by atoms with E-state index >= 15 is 0 Å². The third-order valence-corrected chi connectivity index (χ3v) is 5.81. The lowest BCUT2D eigenvalue weighted by molar-refractivity contribution is -0.425. The first-order valence-electron chi connectivity index (χ1n) is 8.33. The lowest BCUT2D eigenvalue weighted by atomic mass is 10.2. The fourth-order valence-corrected chi connectivity index (χ4v) is 4.51. The predicted octanol–water partition coefficient (Wildman–Crippen LogP) is 3.28. The number of nitrogens with zero attached hydrogens (tertiary/aromatic N) is 4. The van der Waals surface area contributed by atoms with Gasteiger partial charge in [0.15, 0.2) is 11.5 Å². The molecule has 0 aromatic carbocycles. The van der Waals surface area contributed by atoms with E-state index in [0.29, 0.717) is 43.7 Å². The van der Waals surface area contributed by atoms with Crippen LogP contribution in [0.3, 0.4) is 0 Å². The molecule has 1 aromatic rings. The fraction of sp³-hybridized carbons (Fsp3) is 0.438. The zero-order valence-electron chi connectivity index (χ0n) is 14.3. The van der Waals surface area contributed by atoms with E-state index in [1.807, 2.05) is 15.9 Å². The van der Waals surface area contributed by atoms with Crippen molar-refractivity contribution in [2.24, 2.45) is 0 Å². The smallest absolute Gasteiger partial charge is 0.334 e. The van der Waals surface area contributed by atoms with E-state index in [1.54, 1.807) is 24.0 Å². The Bertz CT molecular complexity index is 762.